The maximum Gasteiger partial charge on any atom is 0.156 e. The molecular weight excluding hydrogens is 438 g/mol. The summed E-state index contributed by atoms with van der Waals surface area (Å²) in [4.78, 5) is 12.3. The number of aromatic nitrogens is 3. The lowest BCUT2D eigenvalue weighted by Gasteiger charge is -2.23. The predicted molar refractivity (Wildman–Crippen MR) is 136 cm³/mol. The Morgan fingerprint density at radius 3 is 2.45 bits per heavy atom. The summed E-state index contributed by atoms with van der Waals surface area (Å²) < 4.78 is 28.3. The molecule has 3 rings (SSSR count). The molecule has 4 N–H and O–H groups in total. The van der Waals surface area contributed by atoms with Gasteiger partial charge in [-0.1, -0.05) is 13.3 Å². The van der Waals surface area contributed by atoms with E-state index < -0.39 is 14.6 Å². The van der Waals surface area contributed by atoms with Crippen LogP contribution in [0.4, 0.5) is 5.82 Å². The zero-order chi connectivity index (χ0) is 24.6. The van der Waals surface area contributed by atoms with Crippen molar-refractivity contribution >= 4 is 26.7 Å². The maximum absolute atomic E-state index is 12.2. The quantitative estimate of drug-likeness (QED) is 0.399. The number of nitrogen functional groups attached to an aromatic ring is 1. The molecule has 0 saturated carbocycles. The summed E-state index contributed by atoms with van der Waals surface area (Å²) in [5.74, 6) is 0.265. The third-order valence-electron chi connectivity index (χ3n) is 5.47. The highest BCUT2D eigenvalue weighted by atomic mass is 32.2. The van der Waals surface area contributed by atoms with Gasteiger partial charge in [-0.3, -0.25) is 0 Å². The van der Waals surface area contributed by atoms with Crippen molar-refractivity contribution < 1.29 is 13.2 Å². The Bertz CT molecular complexity index is 1150. The topological polar surface area (TPSA) is 123 Å². The van der Waals surface area contributed by atoms with E-state index in [0.717, 1.165) is 36.5 Å². The zero-order valence-corrected chi connectivity index (χ0v) is 21.3. The molecule has 0 saturated heterocycles. The molecule has 0 unspecified atom stereocenters. The predicted octanol–water partition coefficient (Wildman–Crippen LogP) is 4.03. The molecule has 0 radical (unpaired) electrons. The zero-order valence-electron chi connectivity index (χ0n) is 20.5. The molecule has 0 bridgehead atoms. The number of rotatable bonds is 9. The van der Waals surface area contributed by atoms with Crippen LogP contribution in [0.2, 0.25) is 0 Å². The Kier molecular flexibility index (Phi) is 9.39. The van der Waals surface area contributed by atoms with Gasteiger partial charge >= 0.3 is 0 Å². The highest BCUT2D eigenvalue weighted by molar-refractivity contribution is 7.91. The van der Waals surface area contributed by atoms with Gasteiger partial charge in [-0.25, -0.2) is 18.4 Å². The van der Waals surface area contributed by atoms with E-state index >= 15 is 0 Å². The lowest BCUT2D eigenvalue weighted by atomic mass is 10.0. The van der Waals surface area contributed by atoms with Crippen LogP contribution in [0.25, 0.3) is 22.4 Å². The lowest BCUT2D eigenvalue weighted by molar-refractivity contribution is 0.144. The van der Waals surface area contributed by atoms with Gasteiger partial charge in [-0.15, -0.1) is 0 Å². The van der Waals surface area contributed by atoms with Crippen molar-refractivity contribution in [1.82, 2.24) is 20.3 Å². The van der Waals surface area contributed by atoms with Gasteiger partial charge in [-0.2, -0.15) is 0 Å². The molecule has 3 aromatic heterocycles. The largest absolute Gasteiger partial charge is 0.384 e. The van der Waals surface area contributed by atoms with Crippen LogP contribution in [0, 0.1) is 0 Å². The number of nitrogens with zero attached hydrogens (tertiary/aromatic N) is 2. The van der Waals surface area contributed by atoms with Crippen LogP contribution in [0.5, 0.6) is 0 Å². The number of sulfone groups is 1. The summed E-state index contributed by atoms with van der Waals surface area (Å²) in [5.41, 5.74) is 10.5. The van der Waals surface area contributed by atoms with E-state index in [9.17, 15) is 8.42 Å². The van der Waals surface area contributed by atoms with Gasteiger partial charge in [0.2, 0.25) is 0 Å². The molecule has 0 atom stereocenters. The second-order valence-corrected chi connectivity index (χ2v) is 11.0. The molecule has 8 nitrogen and oxygen atoms in total. The normalized spacial score (nSPS) is 11.9. The van der Waals surface area contributed by atoms with Crippen molar-refractivity contribution in [2.45, 2.75) is 51.8 Å². The minimum absolute atomic E-state index is 0.265. The molecule has 33 heavy (non-hydrogen) atoms. The van der Waals surface area contributed by atoms with Gasteiger partial charge in [0.15, 0.2) is 9.84 Å². The molecule has 9 heteroatoms. The molecule has 0 amide bonds. The third-order valence-corrected chi connectivity index (χ3v) is 7.56. The van der Waals surface area contributed by atoms with Crippen LogP contribution in [0.1, 0.15) is 51.8 Å². The molecule has 0 aromatic carbocycles. The Morgan fingerprint density at radius 2 is 1.85 bits per heavy atom. The Labute approximate surface area is 197 Å². The van der Waals surface area contributed by atoms with Crippen LogP contribution in [-0.4, -0.2) is 49.9 Å². The molecule has 0 fully saturated rings. The number of nitrogens with two attached hydrogens (primary N) is 1. The summed E-state index contributed by atoms with van der Waals surface area (Å²) >= 11 is 0. The summed E-state index contributed by atoms with van der Waals surface area (Å²) in [5, 5.41) is 3.09. The number of pyridine rings is 2. The van der Waals surface area contributed by atoms with Crippen molar-refractivity contribution in [1.29, 1.82) is 0 Å². The molecular formula is C24H37N5O3S. The first-order valence-electron chi connectivity index (χ1n) is 11.2. The fourth-order valence-electron chi connectivity index (χ4n) is 3.13. The number of anilines is 1. The maximum atomic E-state index is 12.2. The highest BCUT2D eigenvalue weighted by Gasteiger charge is 2.33. The van der Waals surface area contributed by atoms with Crippen LogP contribution >= 0.6 is 0 Å². The number of hydrogen-bond donors (Lipinski definition) is 3. The molecule has 0 aliphatic rings. The van der Waals surface area contributed by atoms with Crippen LogP contribution in [0.15, 0.2) is 30.3 Å². The minimum atomic E-state index is -3.32. The van der Waals surface area contributed by atoms with Crippen molar-refractivity contribution in [2.24, 2.45) is 0 Å². The van der Waals surface area contributed by atoms with Crippen molar-refractivity contribution in [3.05, 3.63) is 41.6 Å². The number of aromatic amines is 1. The van der Waals surface area contributed by atoms with Crippen LogP contribution < -0.4 is 11.1 Å². The van der Waals surface area contributed by atoms with Gasteiger partial charge < -0.3 is 20.8 Å². The van der Waals surface area contributed by atoms with E-state index in [1.165, 1.54) is 19.1 Å². The molecule has 0 aliphatic carbocycles. The van der Waals surface area contributed by atoms with Crippen LogP contribution in [-0.2, 0) is 25.9 Å². The van der Waals surface area contributed by atoms with Gasteiger partial charge in [0, 0.05) is 31.7 Å². The minimum Gasteiger partial charge on any atom is -0.384 e. The second-order valence-electron chi connectivity index (χ2n) is 8.45. The van der Waals surface area contributed by atoms with Crippen molar-refractivity contribution in [3.63, 3.8) is 0 Å². The number of ether oxygens (including phenoxy) is 1. The van der Waals surface area contributed by atoms with E-state index in [0.29, 0.717) is 17.0 Å². The van der Waals surface area contributed by atoms with E-state index in [4.69, 9.17) is 10.5 Å². The SMILES string of the molecule is CCCCOCC.CNCc1cc2nc(-c3cc(C(C)(C)S(C)(=O)=O)cc(N)n3)ccc2[nH]1. The first kappa shape index (κ1) is 26.8. The first-order valence-corrected chi connectivity index (χ1v) is 13.1. The Hall–Kier alpha value is -2.49. The van der Waals surface area contributed by atoms with Gasteiger partial charge in [0.05, 0.1) is 27.2 Å². The number of unbranched alkanes of at least 4 members (excludes halogenated alkanes) is 1. The van der Waals surface area contributed by atoms with Crippen LogP contribution in [0.3, 0.4) is 0 Å². The second kappa shape index (κ2) is 11.6. The Balaban J connectivity index is 0.000000479. The van der Waals surface area contributed by atoms with E-state index in [2.05, 4.69) is 27.2 Å². The van der Waals surface area contributed by atoms with E-state index in [1.807, 2.05) is 32.2 Å². The molecule has 182 valence electrons. The van der Waals surface area contributed by atoms with Gasteiger partial charge in [0.25, 0.3) is 0 Å². The highest BCUT2D eigenvalue weighted by Crippen LogP contribution is 2.32. The molecule has 0 spiro atoms. The molecule has 3 aromatic rings. The fraction of sp³-hybridized carbons (Fsp3) is 0.500. The smallest absolute Gasteiger partial charge is 0.156 e. The summed E-state index contributed by atoms with van der Waals surface area (Å²) in [7, 11) is -1.44. The number of fused-ring (bicyclic) bond motifs is 1. The summed E-state index contributed by atoms with van der Waals surface area (Å²) in [6.45, 7) is 10.0. The van der Waals surface area contributed by atoms with E-state index in [1.54, 1.807) is 26.0 Å². The third kappa shape index (κ3) is 6.99. The number of nitrogens with one attached hydrogen (secondary N) is 2. The average Bonchev–Trinajstić information content (AvgIpc) is 3.15. The molecule has 0 aliphatic heterocycles. The van der Waals surface area contributed by atoms with Crippen molar-refractivity contribution in [2.75, 3.05) is 32.3 Å². The van der Waals surface area contributed by atoms with Gasteiger partial charge in [0.1, 0.15) is 5.82 Å². The van der Waals surface area contributed by atoms with Gasteiger partial charge in [-0.05, 0) is 70.1 Å². The standard InChI is InChI=1S/C18H23N5O2S.C6H14O/c1-18(2,26(4,24)25)11-7-15(23-17(19)8-11)14-6-5-13-16(22-14)9-12(21-13)10-20-3;1-3-5-6-7-4-2/h5-9,20-21H,10H2,1-4H3,(H2,19,23);3-6H2,1-2H3. The summed E-state index contributed by atoms with van der Waals surface area (Å²) in [6.07, 6.45) is 3.66. The number of H-pyrrole nitrogens is 1. The Morgan fingerprint density at radius 1 is 1.12 bits per heavy atom. The lowest BCUT2D eigenvalue weighted by Crippen LogP contribution is -2.28. The monoisotopic (exact) mass is 475 g/mol. The summed E-state index contributed by atoms with van der Waals surface area (Å²) in [6, 6.07) is 9.10. The fourth-order valence-corrected chi connectivity index (χ4v) is 3.67. The van der Waals surface area contributed by atoms with E-state index in [-0.39, 0.29) is 5.82 Å². The number of hydrogen-bond acceptors (Lipinski definition) is 7. The molecule has 3 heterocycles. The van der Waals surface area contributed by atoms with Crippen molar-refractivity contribution in [3.8, 4) is 11.4 Å². The average molecular weight is 476 g/mol. The first-order chi connectivity index (χ1) is 15.5.